The van der Waals surface area contributed by atoms with Crippen molar-refractivity contribution in [1.82, 2.24) is 0 Å². The maximum Gasteiger partial charge on any atom is 0.256 e. The third kappa shape index (κ3) is 2.67. The number of carbonyl (C=O) groups is 1. The molecule has 0 atom stereocenters. The second kappa shape index (κ2) is 5.42. The molecule has 96 valence electrons. The van der Waals surface area contributed by atoms with Gasteiger partial charge in [-0.15, -0.1) is 11.3 Å². The van der Waals surface area contributed by atoms with Gasteiger partial charge in [-0.3, -0.25) is 4.79 Å². The fraction of sp³-hybridized carbons (Fsp3) is 0.0769. The fourth-order valence-corrected chi connectivity index (χ4v) is 2.25. The summed E-state index contributed by atoms with van der Waals surface area (Å²) in [5.74, 6) is 0.136. The monoisotopic (exact) mass is 273 g/mol. The van der Waals surface area contributed by atoms with Crippen LogP contribution in [0.4, 0.5) is 10.7 Å². The van der Waals surface area contributed by atoms with E-state index < -0.39 is 0 Å². The quantitative estimate of drug-likeness (QED) is 0.841. The molecule has 0 saturated heterocycles. The molecule has 0 radical (unpaired) electrons. The Labute approximate surface area is 114 Å². The standard InChI is InChI=1S/C13H11N3O2S/c1-18-11-6-8(2-3-10(11)15)12(17)16-13-9(7-14)4-5-19-13/h2-6H,15H2,1H3,(H,16,17). The van der Waals surface area contributed by atoms with E-state index in [1.54, 1.807) is 29.6 Å². The maximum absolute atomic E-state index is 12.0. The number of methoxy groups -OCH3 is 1. The number of benzene rings is 1. The molecule has 1 amide bonds. The minimum atomic E-state index is -0.308. The lowest BCUT2D eigenvalue weighted by Gasteiger charge is -2.07. The lowest BCUT2D eigenvalue weighted by molar-refractivity contribution is 0.102. The minimum Gasteiger partial charge on any atom is -0.495 e. The van der Waals surface area contributed by atoms with Gasteiger partial charge in [0.2, 0.25) is 0 Å². The van der Waals surface area contributed by atoms with Gasteiger partial charge in [0.1, 0.15) is 16.8 Å². The molecule has 0 aliphatic heterocycles. The van der Waals surface area contributed by atoms with Crippen LogP contribution in [0.2, 0.25) is 0 Å². The first-order valence-electron chi connectivity index (χ1n) is 5.38. The summed E-state index contributed by atoms with van der Waals surface area (Å²) in [5, 5.41) is 13.8. The van der Waals surface area contributed by atoms with Crippen molar-refractivity contribution < 1.29 is 9.53 Å². The summed E-state index contributed by atoms with van der Waals surface area (Å²) < 4.78 is 5.06. The Kier molecular flexibility index (Phi) is 3.68. The van der Waals surface area contributed by atoms with Crippen molar-refractivity contribution in [2.45, 2.75) is 0 Å². The summed E-state index contributed by atoms with van der Waals surface area (Å²) in [4.78, 5) is 12.0. The van der Waals surface area contributed by atoms with Crippen molar-refractivity contribution in [3.05, 3.63) is 40.8 Å². The smallest absolute Gasteiger partial charge is 0.256 e. The lowest BCUT2D eigenvalue weighted by Crippen LogP contribution is -2.12. The molecule has 0 spiro atoms. The van der Waals surface area contributed by atoms with Crippen LogP contribution in [0.15, 0.2) is 29.6 Å². The summed E-state index contributed by atoms with van der Waals surface area (Å²) in [6.07, 6.45) is 0. The zero-order valence-corrected chi connectivity index (χ0v) is 11.0. The Bertz CT molecular complexity index is 658. The van der Waals surface area contributed by atoms with E-state index in [1.807, 2.05) is 6.07 Å². The van der Waals surface area contributed by atoms with E-state index in [4.69, 9.17) is 15.7 Å². The Morgan fingerprint density at radius 3 is 2.95 bits per heavy atom. The zero-order valence-electron chi connectivity index (χ0n) is 10.1. The largest absolute Gasteiger partial charge is 0.495 e. The van der Waals surface area contributed by atoms with Crippen LogP contribution in [-0.4, -0.2) is 13.0 Å². The summed E-state index contributed by atoms with van der Waals surface area (Å²) in [6, 6.07) is 8.44. The van der Waals surface area contributed by atoms with Gasteiger partial charge >= 0.3 is 0 Å². The number of carbonyl (C=O) groups excluding carboxylic acids is 1. The van der Waals surface area contributed by atoms with Crippen LogP contribution in [0, 0.1) is 11.3 Å². The van der Waals surface area contributed by atoms with Crippen molar-refractivity contribution in [1.29, 1.82) is 5.26 Å². The second-order valence-corrected chi connectivity index (χ2v) is 4.60. The van der Waals surface area contributed by atoms with Crippen molar-refractivity contribution in [3.63, 3.8) is 0 Å². The van der Waals surface area contributed by atoms with Gasteiger partial charge in [-0.2, -0.15) is 5.26 Å². The van der Waals surface area contributed by atoms with Crippen LogP contribution in [0.5, 0.6) is 5.75 Å². The van der Waals surface area contributed by atoms with Crippen LogP contribution in [-0.2, 0) is 0 Å². The normalized spacial score (nSPS) is 9.68. The molecule has 6 heteroatoms. The van der Waals surface area contributed by atoms with E-state index in [0.717, 1.165) is 0 Å². The highest BCUT2D eigenvalue weighted by molar-refractivity contribution is 7.14. The predicted molar refractivity (Wildman–Crippen MR) is 74.4 cm³/mol. The predicted octanol–water partition coefficient (Wildman–Crippen LogP) is 2.46. The number of hydrogen-bond donors (Lipinski definition) is 2. The maximum atomic E-state index is 12.0. The van der Waals surface area contributed by atoms with E-state index in [-0.39, 0.29) is 5.91 Å². The molecular formula is C13H11N3O2S. The SMILES string of the molecule is COc1cc(C(=O)Nc2sccc2C#N)ccc1N. The number of rotatable bonds is 3. The van der Waals surface area contributed by atoms with Crippen LogP contribution in [0.1, 0.15) is 15.9 Å². The molecule has 0 aliphatic carbocycles. The fourth-order valence-electron chi connectivity index (χ4n) is 1.52. The molecule has 2 rings (SSSR count). The van der Waals surface area contributed by atoms with E-state index in [9.17, 15) is 4.79 Å². The van der Waals surface area contributed by atoms with Gasteiger partial charge in [-0.25, -0.2) is 0 Å². The number of ether oxygens (including phenoxy) is 1. The van der Waals surface area contributed by atoms with Crippen molar-refractivity contribution >= 4 is 27.9 Å². The summed E-state index contributed by atoms with van der Waals surface area (Å²) in [7, 11) is 1.49. The Balaban J connectivity index is 2.23. The number of nitriles is 1. The lowest BCUT2D eigenvalue weighted by atomic mass is 10.2. The average molecular weight is 273 g/mol. The molecule has 0 bridgehead atoms. The molecule has 19 heavy (non-hydrogen) atoms. The molecule has 1 heterocycles. The van der Waals surface area contributed by atoms with Gasteiger partial charge in [0.15, 0.2) is 0 Å². The van der Waals surface area contributed by atoms with Gasteiger partial charge in [-0.05, 0) is 29.6 Å². The van der Waals surface area contributed by atoms with Crippen LogP contribution >= 0.6 is 11.3 Å². The number of hydrogen-bond acceptors (Lipinski definition) is 5. The number of nitrogen functional groups attached to an aromatic ring is 1. The number of amides is 1. The highest BCUT2D eigenvalue weighted by Gasteiger charge is 2.12. The van der Waals surface area contributed by atoms with E-state index in [1.165, 1.54) is 18.4 Å². The first-order valence-corrected chi connectivity index (χ1v) is 6.26. The Hall–Kier alpha value is -2.52. The molecule has 2 aromatic rings. The molecule has 3 N–H and O–H groups in total. The zero-order chi connectivity index (χ0) is 13.8. The molecular weight excluding hydrogens is 262 g/mol. The minimum absolute atomic E-state index is 0.308. The van der Waals surface area contributed by atoms with Gasteiger partial charge < -0.3 is 15.8 Å². The number of nitrogens with one attached hydrogen (secondary N) is 1. The molecule has 5 nitrogen and oxygen atoms in total. The van der Waals surface area contributed by atoms with Crippen LogP contribution in [0.3, 0.4) is 0 Å². The average Bonchev–Trinajstić information content (AvgIpc) is 2.86. The Morgan fingerprint density at radius 1 is 1.47 bits per heavy atom. The van der Waals surface area contributed by atoms with Gasteiger partial charge in [0, 0.05) is 5.56 Å². The van der Waals surface area contributed by atoms with E-state index >= 15 is 0 Å². The molecule has 0 fully saturated rings. The van der Waals surface area contributed by atoms with Gasteiger partial charge in [-0.1, -0.05) is 0 Å². The van der Waals surface area contributed by atoms with Crippen molar-refractivity contribution in [2.24, 2.45) is 0 Å². The van der Waals surface area contributed by atoms with Crippen molar-refractivity contribution in [3.8, 4) is 11.8 Å². The number of nitrogens with zero attached hydrogens (tertiary/aromatic N) is 1. The highest BCUT2D eigenvalue weighted by Crippen LogP contribution is 2.25. The topological polar surface area (TPSA) is 88.1 Å². The number of thiophene rings is 1. The number of nitrogens with two attached hydrogens (primary N) is 1. The van der Waals surface area contributed by atoms with Gasteiger partial charge in [0.25, 0.3) is 5.91 Å². The molecule has 0 saturated carbocycles. The second-order valence-electron chi connectivity index (χ2n) is 3.69. The highest BCUT2D eigenvalue weighted by atomic mass is 32.1. The molecule has 0 aliphatic rings. The number of anilines is 2. The van der Waals surface area contributed by atoms with Gasteiger partial charge in [0.05, 0.1) is 18.4 Å². The molecule has 1 aromatic carbocycles. The summed E-state index contributed by atoms with van der Waals surface area (Å²) in [6.45, 7) is 0. The molecule has 1 aromatic heterocycles. The van der Waals surface area contributed by atoms with E-state index in [0.29, 0.717) is 27.6 Å². The third-order valence-corrected chi connectivity index (χ3v) is 3.34. The van der Waals surface area contributed by atoms with Crippen molar-refractivity contribution in [2.75, 3.05) is 18.2 Å². The first-order chi connectivity index (χ1) is 9.15. The summed E-state index contributed by atoms with van der Waals surface area (Å²) in [5.41, 5.74) is 7.01. The Morgan fingerprint density at radius 2 is 2.26 bits per heavy atom. The third-order valence-electron chi connectivity index (χ3n) is 2.51. The molecule has 0 unspecified atom stereocenters. The summed E-state index contributed by atoms with van der Waals surface area (Å²) >= 11 is 1.30. The van der Waals surface area contributed by atoms with E-state index in [2.05, 4.69) is 5.32 Å². The van der Waals surface area contributed by atoms with Crippen LogP contribution in [0.25, 0.3) is 0 Å². The van der Waals surface area contributed by atoms with Crippen LogP contribution < -0.4 is 15.8 Å². The first kappa shape index (κ1) is 12.9.